The fourth-order valence-electron chi connectivity index (χ4n) is 2.85. The van der Waals surface area contributed by atoms with Gasteiger partial charge in [-0.15, -0.1) is 0 Å². The zero-order chi connectivity index (χ0) is 16.4. The Kier molecular flexibility index (Phi) is 4.68. The van der Waals surface area contributed by atoms with E-state index in [-0.39, 0.29) is 5.41 Å². The Bertz CT molecular complexity index is 677. The summed E-state index contributed by atoms with van der Waals surface area (Å²) in [6.07, 6.45) is 0. The van der Waals surface area contributed by atoms with E-state index in [9.17, 15) is 0 Å². The van der Waals surface area contributed by atoms with E-state index in [1.165, 1.54) is 0 Å². The summed E-state index contributed by atoms with van der Waals surface area (Å²) >= 11 is 18.2. The van der Waals surface area contributed by atoms with Crippen LogP contribution in [0.15, 0.2) is 72.8 Å². The lowest BCUT2D eigenvalue weighted by Gasteiger charge is -2.32. The number of halogens is 3. The lowest BCUT2D eigenvalue weighted by atomic mass is 9.71. The molecule has 3 aromatic carbocycles. The molecule has 0 aliphatic rings. The number of rotatable bonds is 3. The molecule has 116 valence electrons. The second kappa shape index (κ2) is 6.57. The molecule has 0 unspecified atom stereocenters. The maximum atomic E-state index is 6.06. The van der Waals surface area contributed by atoms with Gasteiger partial charge >= 0.3 is 0 Å². The second-order valence-electron chi connectivity index (χ2n) is 5.65. The zero-order valence-electron chi connectivity index (χ0n) is 12.6. The average molecular weight is 362 g/mol. The van der Waals surface area contributed by atoms with Gasteiger partial charge in [-0.2, -0.15) is 0 Å². The first-order valence-corrected chi connectivity index (χ1v) is 8.41. The van der Waals surface area contributed by atoms with Gasteiger partial charge in [-0.3, -0.25) is 0 Å². The van der Waals surface area contributed by atoms with Crippen molar-refractivity contribution in [3.05, 3.63) is 105 Å². The number of hydrogen-bond donors (Lipinski definition) is 0. The molecule has 3 heteroatoms. The van der Waals surface area contributed by atoms with Crippen molar-refractivity contribution < 1.29 is 0 Å². The molecule has 3 aromatic rings. The topological polar surface area (TPSA) is 0 Å². The Labute approximate surface area is 151 Å². The number of hydrogen-bond acceptors (Lipinski definition) is 0. The van der Waals surface area contributed by atoms with Crippen molar-refractivity contribution >= 4 is 34.8 Å². The van der Waals surface area contributed by atoms with Gasteiger partial charge in [-0.1, -0.05) is 71.2 Å². The van der Waals surface area contributed by atoms with Gasteiger partial charge in [-0.25, -0.2) is 0 Å². The monoisotopic (exact) mass is 360 g/mol. The number of benzene rings is 3. The third-order valence-electron chi connectivity index (χ3n) is 4.26. The molecular weight excluding hydrogens is 347 g/mol. The van der Waals surface area contributed by atoms with E-state index >= 15 is 0 Å². The van der Waals surface area contributed by atoms with E-state index in [2.05, 4.69) is 43.3 Å². The van der Waals surface area contributed by atoms with Crippen LogP contribution in [-0.2, 0) is 5.41 Å². The fraction of sp³-hybridized carbons (Fsp3) is 0.100. The van der Waals surface area contributed by atoms with Crippen molar-refractivity contribution in [1.82, 2.24) is 0 Å². The minimum absolute atomic E-state index is 0.320. The molecule has 0 nitrogen and oxygen atoms in total. The van der Waals surface area contributed by atoms with Crippen LogP contribution >= 0.6 is 34.8 Å². The Hall–Kier alpha value is -1.47. The highest BCUT2D eigenvalue weighted by atomic mass is 35.5. The van der Waals surface area contributed by atoms with Crippen LogP contribution in [-0.4, -0.2) is 0 Å². The summed E-state index contributed by atoms with van der Waals surface area (Å²) in [4.78, 5) is 0. The van der Waals surface area contributed by atoms with Gasteiger partial charge in [0.25, 0.3) is 0 Å². The third-order valence-corrected chi connectivity index (χ3v) is 5.02. The van der Waals surface area contributed by atoms with Crippen molar-refractivity contribution in [3.8, 4) is 0 Å². The van der Waals surface area contributed by atoms with Crippen molar-refractivity contribution in [1.29, 1.82) is 0 Å². The molecule has 3 rings (SSSR count). The van der Waals surface area contributed by atoms with E-state index in [0.717, 1.165) is 31.8 Å². The van der Waals surface area contributed by atoms with E-state index in [4.69, 9.17) is 34.8 Å². The maximum absolute atomic E-state index is 6.06. The smallest absolute Gasteiger partial charge is 0.0423 e. The summed E-state index contributed by atoms with van der Waals surface area (Å²) in [6, 6.07) is 23.9. The molecule has 0 N–H and O–H groups in total. The van der Waals surface area contributed by atoms with Crippen molar-refractivity contribution in [2.24, 2.45) is 0 Å². The molecule has 0 amide bonds. The Morgan fingerprint density at radius 3 is 0.913 bits per heavy atom. The maximum Gasteiger partial charge on any atom is 0.0423 e. The average Bonchev–Trinajstić information content (AvgIpc) is 2.56. The predicted molar refractivity (Wildman–Crippen MR) is 99.9 cm³/mol. The standard InChI is InChI=1S/C20H15Cl3/c1-20(14-2-8-17(21)9-3-14,15-4-10-18(22)11-5-15)16-6-12-19(23)13-7-16/h2-13H,1H3. The van der Waals surface area contributed by atoms with Crippen molar-refractivity contribution in [3.63, 3.8) is 0 Å². The summed E-state index contributed by atoms with van der Waals surface area (Å²) in [5, 5.41) is 2.18. The summed E-state index contributed by atoms with van der Waals surface area (Å²) in [6.45, 7) is 2.20. The van der Waals surface area contributed by atoms with Crippen LogP contribution in [0.1, 0.15) is 23.6 Å². The fourth-order valence-corrected chi connectivity index (χ4v) is 3.23. The largest absolute Gasteiger partial charge is 0.0843 e. The Balaban J connectivity index is 2.21. The van der Waals surface area contributed by atoms with Crippen LogP contribution in [0.5, 0.6) is 0 Å². The lowest BCUT2D eigenvalue weighted by Crippen LogP contribution is -2.25. The molecule has 0 bridgehead atoms. The first-order valence-electron chi connectivity index (χ1n) is 7.28. The summed E-state index contributed by atoms with van der Waals surface area (Å²) in [7, 11) is 0. The van der Waals surface area contributed by atoms with Crippen LogP contribution in [0, 0.1) is 0 Å². The third kappa shape index (κ3) is 3.26. The highest BCUT2D eigenvalue weighted by molar-refractivity contribution is 6.31. The first kappa shape index (κ1) is 16.4. The molecule has 0 aliphatic carbocycles. The van der Waals surface area contributed by atoms with Crippen LogP contribution < -0.4 is 0 Å². The second-order valence-corrected chi connectivity index (χ2v) is 6.95. The van der Waals surface area contributed by atoms with Crippen molar-refractivity contribution in [2.75, 3.05) is 0 Å². The molecule has 0 atom stereocenters. The van der Waals surface area contributed by atoms with Gasteiger partial charge in [0.1, 0.15) is 0 Å². The molecular formula is C20H15Cl3. The molecule has 0 aromatic heterocycles. The normalized spacial score (nSPS) is 11.5. The van der Waals surface area contributed by atoms with Crippen LogP contribution in [0.3, 0.4) is 0 Å². The first-order chi connectivity index (χ1) is 11.0. The Morgan fingerprint density at radius 2 is 0.696 bits per heavy atom. The van der Waals surface area contributed by atoms with Crippen LogP contribution in [0.25, 0.3) is 0 Å². The summed E-state index contributed by atoms with van der Waals surface area (Å²) < 4.78 is 0. The highest BCUT2D eigenvalue weighted by Crippen LogP contribution is 2.39. The van der Waals surface area contributed by atoms with Gasteiger partial charge in [0.15, 0.2) is 0 Å². The molecule has 0 aliphatic heterocycles. The van der Waals surface area contributed by atoms with Gasteiger partial charge in [0.05, 0.1) is 0 Å². The van der Waals surface area contributed by atoms with E-state index in [0.29, 0.717) is 0 Å². The van der Waals surface area contributed by atoms with Gasteiger partial charge < -0.3 is 0 Å². The molecule has 0 saturated carbocycles. The molecule has 0 spiro atoms. The van der Waals surface area contributed by atoms with E-state index in [1.54, 1.807) is 0 Å². The van der Waals surface area contributed by atoms with Gasteiger partial charge in [0, 0.05) is 20.5 Å². The minimum atomic E-state index is -0.320. The Morgan fingerprint density at radius 1 is 0.478 bits per heavy atom. The molecule has 0 heterocycles. The zero-order valence-corrected chi connectivity index (χ0v) is 14.8. The lowest BCUT2D eigenvalue weighted by molar-refractivity contribution is 0.692. The SMILES string of the molecule is CC(c1ccc(Cl)cc1)(c1ccc(Cl)cc1)c1ccc(Cl)cc1. The van der Waals surface area contributed by atoms with Crippen molar-refractivity contribution in [2.45, 2.75) is 12.3 Å². The quantitative estimate of drug-likeness (QED) is 0.440. The van der Waals surface area contributed by atoms with Gasteiger partial charge in [0.2, 0.25) is 0 Å². The highest BCUT2D eigenvalue weighted by Gasteiger charge is 2.31. The molecule has 23 heavy (non-hydrogen) atoms. The molecule has 0 radical (unpaired) electrons. The summed E-state index contributed by atoms with van der Waals surface area (Å²) in [5.74, 6) is 0. The van der Waals surface area contributed by atoms with Crippen LogP contribution in [0.2, 0.25) is 15.1 Å². The van der Waals surface area contributed by atoms with Crippen LogP contribution in [0.4, 0.5) is 0 Å². The summed E-state index contributed by atoms with van der Waals surface area (Å²) in [5.41, 5.74) is 3.16. The van der Waals surface area contributed by atoms with Gasteiger partial charge in [-0.05, 0) is 60.0 Å². The predicted octanol–water partition coefficient (Wildman–Crippen LogP) is 7.00. The minimum Gasteiger partial charge on any atom is -0.0843 e. The molecule has 0 fully saturated rings. The van der Waals surface area contributed by atoms with E-state index < -0.39 is 0 Å². The molecule has 0 saturated heterocycles. The van der Waals surface area contributed by atoms with E-state index in [1.807, 2.05) is 36.4 Å².